The van der Waals surface area contributed by atoms with Gasteiger partial charge >= 0.3 is 5.97 Å². The molecule has 1 aliphatic heterocycles. The van der Waals surface area contributed by atoms with Crippen LogP contribution >= 0.6 is 11.6 Å². The Bertz CT molecular complexity index is 1240. The highest BCUT2D eigenvalue weighted by Gasteiger charge is 2.43. The maximum absolute atomic E-state index is 13.9. The fourth-order valence-corrected chi connectivity index (χ4v) is 4.90. The van der Waals surface area contributed by atoms with Crippen molar-refractivity contribution in [1.82, 2.24) is 0 Å². The number of carbonyl (C=O) groups is 3. The van der Waals surface area contributed by atoms with Gasteiger partial charge in [0.1, 0.15) is 0 Å². The minimum Gasteiger partial charge on any atom is -0.481 e. The number of amides is 1. The third-order valence-corrected chi connectivity index (χ3v) is 6.68. The minimum atomic E-state index is -0.861. The fourth-order valence-electron chi connectivity index (χ4n) is 4.78. The van der Waals surface area contributed by atoms with Crippen molar-refractivity contribution in [3.63, 3.8) is 0 Å². The highest BCUT2D eigenvalue weighted by molar-refractivity contribution is 6.30. The molecule has 4 rings (SSSR count). The summed E-state index contributed by atoms with van der Waals surface area (Å²) in [6, 6.07) is 21.1. The summed E-state index contributed by atoms with van der Waals surface area (Å²) >= 11 is 6.10. The molecule has 3 aromatic carbocycles. The van der Waals surface area contributed by atoms with Gasteiger partial charge in [-0.3, -0.25) is 14.4 Å². The number of hydrogen-bond donors (Lipinski definition) is 2. The molecular weight excluding hydrogens is 464 g/mol. The first kappa shape index (κ1) is 24.5. The van der Waals surface area contributed by atoms with E-state index >= 15 is 0 Å². The van der Waals surface area contributed by atoms with Crippen LogP contribution in [0, 0.1) is 5.92 Å². The molecule has 0 radical (unpaired) electrons. The van der Waals surface area contributed by atoms with E-state index in [2.05, 4.69) is 5.32 Å². The van der Waals surface area contributed by atoms with Crippen molar-refractivity contribution in [3.8, 4) is 0 Å². The number of aliphatic carboxylic acids is 1. The number of carboxylic acid groups (broad SMARTS) is 1. The number of fused-ring (bicyclic) bond motifs is 1. The van der Waals surface area contributed by atoms with E-state index in [0.717, 1.165) is 16.8 Å². The minimum absolute atomic E-state index is 0.0321. The molecule has 1 amide bonds. The van der Waals surface area contributed by atoms with Crippen LogP contribution in [-0.2, 0) is 16.0 Å². The number of carboxylic acids is 1. The Labute approximate surface area is 209 Å². The Morgan fingerprint density at radius 1 is 0.971 bits per heavy atom. The number of rotatable bonds is 7. The molecule has 35 heavy (non-hydrogen) atoms. The number of anilines is 2. The lowest BCUT2D eigenvalue weighted by Gasteiger charge is -2.43. The molecule has 180 valence electrons. The molecule has 0 aromatic heterocycles. The smallest absolute Gasteiger partial charge is 0.303 e. The van der Waals surface area contributed by atoms with Crippen molar-refractivity contribution in [2.75, 3.05) is 10.2 Å². The number of benzene rings is 3. The number of nitrogens with one attached hydrogen (secondary N) is 1. The number of ketones is 1. The average Bonchev–Trinajstić information content (AvgIpc) is 2.83. The molecule has 0 bridgehead atoms. The molecule has 0 fully saturated rings. The number of aryl methyl sites for hydroxylation is 1. The zero-order chi connectivity index (χ0) is 25.1. The Kier molecular flexibility index (Phi) is 7.22. The molecule has 2 N–H and O–H groups in total. The molecule has 0 saturated carbocycles. The van der Waals surface area contributed by atoms with Gasteiger partial charge in [0, 0.05) is 41.3 Å². The van der Waals surface area contributed by atoms with E-state index in [1.54, 1.807) is 53.4 Å². The fraction of sp³-hybridized carbons (Fsp3) is 0.250. The summed E-state index contributed by atoms with van der Waals surface area (Å²) in [7, 11) is 0. The van der Waals surface area contributed by atoms with E-state index < -0.39 is 17.9 Å². The first-order chi connectivity index (χ1) is 16.8. The SMILES string of the molecule is CC(=O)N(c1ccc(Cl)cc1)[C@H]1c2ccccc2N[C@@H](C)C1C(=O)c1ccc(CCC(=O)O)cc1. The van der Waals surface area contributed by atoms with Gasteiger partial charge < -0.3 is 15.3 Å². The topological polar surface area (TPSA) is 86.7 Å². The molecule has 6 nitrogen and oxygen atoms in total. The first-order valence-corrected chi connectivity index (χ1v) is 11.9. The van der Waals surface area contributed by atoms with Gasteiger partial charge in [-0.25, -0.2) is 0 Å². The standard InChI is InChI=1S/C28H27ClN2O4/c1-17-26(28(35)20-10-7-19(8-11-20)9-16-25(33)34)27(23-5-3-4-6-24(23)30-17)31(18(2)32)22-14-12-21(29)13-15-22/h3-8,10-15,17,26-27,30H,9,16H2,1-2H3,(H,33,34)/t17-,26?,27-/m0/s1. The van der Waals surface area contributed by atoms with Crippen molar-refractivity contribution >= 4 is 40.6 Å². The molecule has 1 heterocycles. The maximum Gasteiger partial charge on any atom is 0.303 e. The van der Waals surface area contributed by atoms with Crippen molar-refractivity contribution in [1.29, 1.82) is 0 Å². The van der Waals surface area contributed by atoms with E-state index in [-0.39, 0.29) is 24.2 Å². The van der Waals surface area contributed by atoms with Crippen molar-refractivity contribution in [2.24, 2.45) is 5.92 Å². The van der Waals surface area contributed by atoms with Gasteiger partial charge in [0.2, 0.25) is 5.91 Å². The van der Waals surface area contributed by atoms with E-state index in [1.807, 2.05) is 31.2 Å². The maximum atomic E-state index is 13.9. The summed E-state index contributed by atoms with van der Waals surface area (Å²) in [5, 5.41) is 12.9. The molecular formula is C28H27ClN2O4. The number of hydrogen-bond acceptors (Lipinski definition) is 4. The van der Waals surface area contributed by atoms with Crippen LogP contribution < -0.4 is 10.2 Å². The van der Waals surface area contributed by atoms with Crippen molar-refractivity contribution in [2.45, 2.75) is 38.8 Å². The number of Topliss-reactive ketones (excluding diaryl/α,β-unsaturated/α-hetero) is 1. The third kappa shape index (κ3) is 5.23. The molecule has 3 aromatic rings. The van der Waals surface area contributed by atoms with Crippen molar-refractivity contribution in [3.05, 3.63) is 94.5 Å². The lowest BCUT2D eigenvalue weighted by Crippen LogP contribution is -2.49. The van der Waals surface area contributed by atoms with Crippen LogP contribution in [0.2, 0.25) is 5.02 Å². The summed E-state index contributed by atoms with van der Waals surface area (Å²) in [6.45, 7) is 3.45. The van der Waals surface area contributed by atoms with E-state index in [9.17, 15) is 14.4 Å². The number of halogens is 1. The second kappa shape index (κ2) is 10.3. The van der Waals surface area contributed by atoms with Crippen molar-refractivity contribution < 1.29 is 19.5 Å². The Morgan fingerprint density at radius 3 is 2.26 bits per heavy atom. The molecule has 7 heteroatoms. The Balaban J connectivity index is 1.76. The zero-order valence-corrected chi connectivity index (χ0v) is 20.3. The monoisotopic (exact) mass is 490 g/mol. The highest BCUT2D eigenvalue weighted by atomic mass is 35.5. The van der Waals surface area contributed by atoms with Crippen LogP contribution in [0.25, 0.3) is 0 Å². The number of para-hydroxylation sites is 1. The van der Waals surface area contributed by atoms with Gasteiger partial charge in [-0.1, -0.05) is 54.1 Å². The Hall–Kier alpha value is -3.64. The number of carbonyl (C=O) groups excluding carboxylic acids is 2. The third-order valence-electron chi connectivity index (χ3n) is 6.43. The average molecular weight is 491 g/mol. The van der Waals surface area contributed by atoms with Crippen LogP contribution in [0.1, 0.15) is 47.8 Å². The summed E-state index contributed by atoms with van der Waals surface area (Å²) in [6.07, 6.45) is 0.431. The quantitative estimate of drug-likeness (QED) is 0.411. The molecule has 0 aliphatic carbocycles. The van der Waals surface area contributed by atoms with Gasteiger partial charge in [0.05, 0.1) is 12.0 Å². The summed E-state index contributed by atoms with van der Waals surface area (Å²) in [5.74, 6) is -1.69. The van der Waals surface area contributed by atoms with Gasteiger partial charge in [0.25, 0.3) is 0 Å². The second-order valence-electron chi connectivity index (χ2n) is 8.81. The summed E-state index contributed by atoms with van der Waals surface area (Å²) in [5.41, 5.74) is 3.79. The van der Waals surface area contributed by atoms with Gasteiger partial charge in [-0.2, -0.15) is 0 Å². The van der Waals surface area contributed by atoms with Crippen LogP contribution in [0.4, 0.5) is 11.4 Å². The molecule has 1 aliphatic rings. The Morgan fingerprint density at radius 2 is 1.63 bits per heavy atom. The van der Waals surface area contributed by atoms with E-state index in [1.165, 1.54) is 6.92 Å². The lowest BCUT2D eigenvalue weighted by atomic mass is 9.77. The van der Waals surface area contributed by atoms with Crippen LogP contribution in [0.15, 0.2) is 72.8 Å². The van der Waals surface area contributed by atoms with Crippen LogP contribution in [-0.4, -0.2) is 28.8 Å². The number of nitrogens with zero attached hydrogens (tertiary/aromatic N) is 1. The van der Waals surface area contributed by atoms with E-state index in [4.69, 9.17) is 16.7 Å². The van der Waals surface area contributed by atoms with E-state index in [0.29, 0.717) is 22.7 Å². The second-order valence-corrected chi connectivity index (χ2v) is 9.25. The normalized spacial score (nSPS) is 18.8. The molecule has 3 atom stereocenters. The predicted octanol–water partition coefficient (Wildman–Crippen LogP) is 5.76. The summed E-state index contributed by atoms with van der Waals surface area (Å²) in [4.78, 5) is 39.5. The van der Waals surface area contributed by atoms with Gasteiger partial charge in [0.15, 0.2) is 5.78 Å². The highest BCUT2D eigenvalue weighted by Crippen LogP contribution is 2.44. The van der Waals surface area contributed by atoms with Gasteiger partial charge in [-0.05, 0) is 54.8 Å². The molecule has 0 saturated heterocycles. The largest absolute Gasteiger partial charge is 0.481 e. The predicted molar refractivity (Wildman–Crippen MR) is 137 cm³/mol. The van der Waals surface area contributed by atoms with Crippen LogP contribution in [0.5, 0.6) is 0 Å². The van der Waals surface area contributed by atoms with Crippen LogP contribution in [0.3, 0.4) is 0 Å². The molecule has 0 spiro atoms. The van der Waals surface area contributed by atoms with Gasteiger partial charge in [-0.15, -0.1) is 0 Å². The molecule has 1 unspecified atom stereocenters. The lowest BCUT2D eigenvalue weighted by molar-refractivity contribution is -0.137. The zero-order valence-electron chi connectivity index (χ0n) is 19.6. The summed E-state index contributed by atoms with van der Waals surface area (Å²) < 4.78 is 0. The first-order valence-electron chi connectivity index (χ1n) is 11.5.